The molecule has 2 N–H and O–H groups in total. The number of aryl methyl sites for hydroxylation is 2. The van der Waals surface area contributed by atoms with Gasteiger partial charge in [-0.1, -0.05) is 29.8 Å². The third kappa shape index (κ3) is 6.86. The van der Waals surface area contributed by atoms with Crippen LogP contribution < -0.4 is 10.6 Å². The summed E-state index contributed by atoms with van der Waals surface area (Å²) < 4.78 is 0. The monoisotopic (exact) mass is 438 g/mol. The van der Waals surface area contributed by atoms with Gasteiger partial charge in [-0.3, -0.25) is 4.98 Å². The number of hydrogen-bond acceptors (Lipinski definition) is 2. The van der Waals surface area contributed by atoms with E-state index >= 15 is 0 Å². The van der Waals surface area contributed by atoms with Gasteiger partial charge in [0.05, 0.1) is 6.54 Å². The summed E-state index contributed by atoms with van der Waals surface area (Å²) in [6.07, 6.45) is 2.71. The normalized spacial score (nSPS) is 10.9. The van der Waals surface area contributed by atoms with E-state index in [2.05, 4.69) is 59.6 Å². The largest absolute Gasteiger partial charge is 0.357 e. The predicted octanol–water partition coefficient (Wildman–Crippen LogP) is 3.61. The van der Waals surface area contributed by atoms with E-state index in [4.69, 9.17) is 0 Å². The SMILES string of the molecule is CCNC(=NCc1ccc(C)cc1C)NCCc1ccccn1.I. The van der Waals surface area contributed by atoms with E-state index in [1.165, 1.54) is 16.7 Å². The van der Waals surface area contributed by atoms with Crippen molar-refractivity contribution >= 4 is 29.9 Å². The van der Waals surface area contributed by atoms with Gasteiger partial charge in [0.25, 0.3) is 0 Å². The Labute approximate surface area is 162 Å². The lowest BCUT2D eigenvalue weighted by molar-refractivity contribution is 0.788. The van der Waals surface area contributed by atoms with Crippen LogP contribution in [-0.4, -0.2) is 24.0 Å². The van der Waals surface area contributed by atoms with Crippen LogP contribution in [0.25, 0.3) is 0 Å². The first-order valence-corrected chi connectivity index (χ1v) is 8.17. The quantitative estimate of drug-likeness (QED) is 0.412. The van der Waals surface area contributed by atoms with E-state index in [-0.39, 0.29) is 24.0 Å². The number of pyridine rings is 1. The molecule has 5 heteroatoms. The Morgan fingerprint density at radius 2 is 1.96 bits per heavy atom. The molecule has 0 amide bonds. The number of aromatic nitrogens is 1. The standard InChI is InChI=1S/C19H26N4.HI/c1-4-20-19(22-12-10-18-7-5-6-11-21-18)23-14-17-9-8-15(2)13-16(17)3;/h5-9,11,13H,4,10,12,14H2,1-3H3,(H2,20,22,23);1H. The first kappa shape index (κ1) is 20.4. The Bertz CT molecular complexity index is 641. The van der Waals surface area contributed by atoms with Crippen molar-refractivity contribution in [2.75, 3.05) is 13.1 Å². The molecule has 0 saturated carbocycles. The summed E-state index contributed by atoms with van der Waals surface area (Å²) in [6, 6.07) is 12.5. The molecule has 0 aliphatic rings. The van der Waals surface area contributed by atoms with E-state index in [9.17, 15) is 0 Å². The lowest BCUT2D eigenvalue weighted by Gasteiger charge is -2.12. The van der Waals surface area contributed by atoms with E-state index in [0.29, 0.717) is 6.54 Å². The predicted molar refractivity (Wildman–Crippen MR) is 112 cm³/mol. The van der Waals surface area contributed by atoms with Gasteiger partial charge in [0.2, 0.25) is 0 Å². The fraction of sp³-hybridized carbons (Fsp3) is 0.368. The van der Waals surface area contributed by atoms with Crippen LogP contribution in [0.2, 0.25) is 0 Å². The van der Waals surface area contributed by atoms with Gasteiger partial charge in [0, 0.05) is 31.4 Å². The maximum absolute atomic E-state index is 4.68. The number of guanidine groups is 1. The first-order chi connectivity index (χ1) is 11.2. The minimum Gasteiger partial charge on any atom is -0.357 e. The van der Waals surface area contributed by atoms with Gasteiger partial charge in [-0.2, -0.15) is 0 Å². The van der Waals surface area contributed by atoms with Crippen molar-refractivity contribution in [3.05, 3.63) is 65.0 Å². The molecule has 1 aromatic carbocycles. The highest BCUT2D eigenvalue weighted by Crippen LogP contribution is 2.11. The van der Waals surface area contributed by atoms with E-state index in [0.717, 1.165) is 31.2 Å². The van der Waals surface area contributed by atoms with Gasteiger partial charge in [-0.25, -0.2) is 4.99 Å². The molecular formula is C19H27IN4. The van der Waals surface area contributed by atoms with Crippen molar-refractivity contribution in [3.8, 4) is 0 Å². The van der Waals surface area contributed by atoms with Gasteiger partial charge in [0.1, 0.15) is 0 Å². The lowest BCUT2D eigenvalue weighted by atomic mass is 10.1. The van der Waals surface area contributed by atoms with Gasteiger partial charge in [0.15, 0.2) is 5.96 Å². The summed E-state index contributed by atoms with van der Waals surface area (Å²) in [5, 5.41) is 6.66. The highest BCUT2D eigenvalue weighted by Gasteiger charge is 2.01. The average molecular weight is 438 g/mol. The second-order valence-electron chi connectivity index (χ2n) is 5.62. The van der Waals surface area contributed by atoms with Crippen LogP contribution in [-0.2, 0) is 13.0 Å². The third-order valence-corrected chi connectivity index (χ3v) is 3.65. The zero-order chi connectivity index (χ0) is 16.5. The Morgan fingerprint density at radius 1 is 1.12 bits per heavy atom. The van der Waals surface area contributed by atoms with Crippen molar-refractivity contribution in [1.29, 1.82) is 0 Å². The zero-order valence-electron chi connectivity index (χ0n) is 14.7. The van der Waals surface area contributed by atoms with Crippen LogP contribution in [0, 0.1) is 13.8 Å². The summed E-state index contributed by atoms with van der Waals surface area (Å²) in [7, 11) is 0. The summed E-state index contributed by atoms with van der Waals surface area (Å²) in [5.74, 6) is 0.850. The molecule has 130 valence electrons. The summed E-state index contributed by atoms with van der Waals surface area (Å²) in [5.41, 5.74) is 4.93. The summed E-state index contributed by atoms with van der Waals surface area (Å²) in [6.45, 7) is 8.68. The minimum atomic E-state index is 0. The molecule has 0 radical (unpaired) electrons. The average Bonchev–Trinajstić information content (AvgIpc) is 2.55. The van der Waals surface area contributed by atoms with E-state index in [1.807, 2.05) is 24.4 Å². The molecule has 24 heavy (non-hydrogen) atoms. The highest BCUT2D eigenvalue weighted by molar-refractivity contribution is 14.0. The van der Waals surface area contributed by atoms with Crippen molar-refractivity contribution in [3.63, 3.8) is 0 Å². The maximum atomic E-state index is 4.68. The maximum Gasteiger partial charge on any atom is 0.191 e. The highest BCUT2D eigenvalue weighted by atomic mass is 127. The Morgan fingerprint density at radius 3 is 2.62 bits per heavy atom. The molecule has 0 aliphatic carbocycles. The first-order valence-electron chi connectivity index (χ1n) is 8.17. The molecule has 2 aromatic rings. The lowest BCUT2D eigenvalue weighted by Crippen LogP contribution is -2.38. The summed E-state index contributed by atoms with van der Waals surface area (Å²) >= 11 is 0. The molecule has 0 spiro atoms. The van der Waals surface area contributed by atoms with Crippen LogP contribution >= 0.6 is 24.0 Å². The van der Waals surface area contributed by atoms with Crippen LogP contribution in [0.5, 0.6) is 0 Å². The molecule has 0 unspecified atom stereocenters. The molecule has 0 fully saturated rings. The summed E-state index contributed by atoms with van der Waals surface area (Å²) in [4.78, 5) is 9.01. The number of nitrogens with one attached hydrogen (secondary N) is 2. The second kappa shape index (κ2) is 11.0. The number of rotatable bonds is 6. The molecule has 0 atom stereocenters. The van der Waals surface area contributed by atoms with Crippen LogP contribution in [0.4, 0.5) is 0 Å². The number of aliphatic imine (C=N–C) groups is 1. The molecule has 0 aliphatic heterocycles. The van der Waals surface area contributed by atoms with Gasteiger partial charge in [-0.05, 0) is 44.0 Å². The molecule has 2 rings (SSSR count). The fourth-order valence-corrected chi connectivity index (χ4v) is 2.38. The van der Waals surface area contributed by atoms with Gasteiger partial charge >= 0.3 is 0 Å². The second-order valence-corrected chi connectivity index (χ2v) is 5.62. The number of nitrogens with zero attached hydrogens (tertiary/aromatic N) is 2. The Hall–Kier alpha value is -1.63. The van der Waals surface area contributed by atoms with Crippen LogP contribution in [0.1, 0.15) is 29.3 Å². The number of halogens is 1. The number of hydrogen-bond donors (Lipinski definition) is 2. The Kier molecular flexibility index (Phi) is 9.37. The van der Waals surface area contributed by atoms with Gasteiger partial charge in [-0.15, -0.1) is 24.0 Å². The van der Waals surface area contributed by atoms with Crippen molar-refractivity contribution < 1.29 is 0 Å². The van der Waals surface area contributed by atoms with Gasteiger partial charge < -0.3 is 10.6 Å². The van der Waals surface area contributed by atoms with E-state index < -0.39 is 0 Å². The van der Waals surface area contributed by atoms with Crippen LogP contribution in [0.15, 0.2) is 47.6 Å². The Balaban J connectivity index is 0.00000288. The topological polar surface area (TPSA) is 49.3 Å². The fourth-order valence-electron chi connectivity index (χ4n) is 2.38. The van der Waals surface area contributed by atoms with E-state index in [1.54, 1.807) is 0 Å². The number of benzene rings is 1. The smallest absolute Gasteiger partial charge is 0.191 e. The van der Waals surface area contributed by atoms with Crippen LogP contribution in [0.3, 0.4) is 0 Å². The van der Waals surface area contributed by atoms with Crippen molar-refractivity contribution in [2.24, 2.45) is 4.99 Å². The molecular weight excluding hydrogens is 411 g/mol. The minimum absolute atomic E-state index is 0. The van der Waals surface area contributed by atoms with Crippen molar-refractivity contribution in [1.82, 2.24) is 15.6 Å². The molecule has 0 saturated heterocycles. The molecule has 4 nitrogen and oxygen atoms in total. The third-order valence-electron chi connectivity index (χ3n) is 3.65. The molecule has 1 aromatic heterocycles. The zero-order valence-corrected chi connectivity index (χ0v) is 17.0. The molecule has 0 bridgehead atoms. The van der Waals surface area contributed by atoms with Crippen molar-refractivity contribution in [2.45, 2.75) is 33.7 Å². The molecule has 1 heterocycles.